The molecule has 0 radical (unpaired) electrons. The number of hydrogen-bond acceptors (Lipinski definition) is 3. The highest BCUT2D eigenvalue weighted by atomic mass is 16.5. The second-order valence-corrected chi connectivity index (χ2v) is 7.09. The van der Waals surface area contributed by atoms with Gasteiger partial charge in [0.05, 0.1) is 12.7 Å². The molecule has 0 unspecified atom stereocenters. The zero-order valence-electron chi connectivity index (χ0n) is 14.8. The molecule has 3 rings (SSSR count). The molecule has 0 spiro atoms. The van der Waals surface area contributed by atoms with Gasteiger partial charge >= 0.3 is 0 Å². The molecule has 2 aliphatic heterocycles. The van der Waals surface area contributed by atoms with Gasteiger partial charge in [0.2, 0.25) is 0 Å². The van der Waals surface area contributed by atoms with Gasteiger partial charge in [-0.05, 0) is 43.5 Å². The highest BCUT2D eigenvalue weighted by Gasteiger charge is 2.35. The van der Waals surface area contributed by atoms with Crippen LogP contribution < -0.4 is 0 Å². The van der Waals surface area contributed by atoms with Gasteiger partial charge in [-0.1, -0.05) is 38.1 Å². The van der Waals surface area contributed by atoms with Gasteiger partial charge in [0.25, 0.3) is 0 Å². The molecule has 0 amide bonds. The maximum atomic E-state index is 6.12. The van der Waals surface area contributed by atoms with Crippen molar-refractivity contribution in [2.45, 2.75) is 51.7 Å². The largest absolute Gasteiger partial charge is 0.373 e. The summed E-state index contributed by atoms with van der Waals surface area (Å²) >= 11 is 0. The number of hydrogen-bond donors (Lipinski definition) is 0. The Morgan fingerprint density at radius 2 is 1.91 bits per heavy atom. The molecule has 2 atom stereocenters. The van der Waals surface area contributed by atoms with E-state index in [1.165, 1.54) is 63.1 Å². The smallest absolute Gasteiger partial charge is 0.0723 e. The lowest BCUT2D eigenvalue weighted by molar-refractivity contribution is -0.0321. The van der Waals surface area contributed by atoms with Crippen molar-refractivity contribution >= 4 is 0 Å². The molecular formula is C20H32N2O. The van der Waals surface area contributed by atoms with Crippen LogP contribution in [0.15, 0.2) is 24.3 Å². The van der Waals surface area contributed by atoms with E-state index in [2.05, 4.69) is 47.9 Å². The van der Waals surface area contributed by atoms with Crippen LogP contribution in [-0.2, 0) is 11.3 Å². The summed E-state index contributed by atoms with van der Waals surface area (Å²) in [6.45, 7) is 12.6. The Labute approximate surface area is 141 Å². The van der Waals surface area contributed by atoms with E-state index in [-0.39, 0.29) is 0 Å². The summed E-state index contributed by atoms with van der Waals surface area (Å²) in [6.07, 6.45) is 4.13. The summed E-state index contributed by atoms with van der Waals surface area (Å²) < 4.78 is 6.12. The zero-order valence-corrected chi connectivity index (χ0v) is 14.8. The van der Waals surface area contributed by atoms with Crippen LogP contribution in [0.5, 0.6) is 0 Å². The number of likely N-dealkylation sites (tertiary alicyclic amines) is 1. The molecule has 1 saturated heterocycles. The van der Waals surface area contributed by atoms with Gasteiger partial charge in [0, 0.05) is 32.1 Å². The first kappa shape index (κ1) is 16.9. The van der Waals surface area contributed by atoms with Crippen molar-refractivity contribution in [2.75, 3.05) is 39.3 Å². The first-order valence-electron chi connectivity index (χ1n) is 9.46. The van der Waals surface area contributed by atoms with Crippen molar-refractivity contribution in [2.24, 2.45) is 0 Å². The molecule has 2 heterocycles. The lowest BCUT2D eigenvalue weighted by Crippen LogP contribution is -2.47. The van der Waals surface area contributed by atoms with Crippen molar-refractivity contribution in [3.05, 3.63) is 35.4 Å². The fourth-order valence-corrected chi connectivity index (χ4v) is 4.17. The van der Waals surface area contributed by atoms with Crippen LogP contribution in [0, 0.1) is 0 Å². The Morgan fingerprint density at radius 1 is 1.13 bits per heavy atom. The van der Waals surface area contributed by atoms with Gasteiger partial charge < -0.3 is 14.5 Å². The zero-order chi connectivity index (χ0) is 16.1. The Kier molecular flexibility index (Phi) is 6.09. The summed E-state index contributed by atoms with van der Waals surface area (Å²) in [5, 5.41) is 0. The van der Waals surface area contributed by atoms with E-state index in [9.17, 15) is 0 Å². The predicted octanol–water partition coefficient (Wildman–Crippen LogP) is 3.50. The van der Waals surface area contributed by atoms with Crippen LogP contribution in [0.1, 0.15) is 50.2 Å². The molecule has 1 fully saturated rings. The maximum Gasteiger partial charge on any atom is 0.0723 e. The molecule has 128 valence electrons. The Morgan fingerprint density at radius 3 is 2.70 bits per heavy atom. The van der Waals surface area contributed by atoms with Crippen molar-refractivity contribution in [3.63, 3.8) is 0 Å². The third kappa shape index (κ3) is 4.14. The molecular weight excluding hydrogens is 284 g/mol. The first-order chi connectivity index (χ1) is 11.3. The summed E-state index contributed by atoms with van der Waals surface area (Å²) in [7, 11) is 0. The quantitative estimate of drug-likeness (QED) is 0.766. The molecule has 0 bridgehead atoms. The maximum absolute atomic E-state index is 6.12. The molecule has 2 aliphatic rings. The number of nitrogens with zero attached hydrogens (tertiary/aromatic N) is 2. The average Bonchev–Trinajstić information content (AvgIpc) is 2.60. The van der Waals surface area contributed by atoms with Gasteiger partial charge in [-0.3, -0.25) is 0 Å². The van der Waals surface area contributed by atoms with E-state index in [4.69, 9.17) is 4.74 Å². The van der Waals surface area contributed by atoms with Crippen molar-refractivity contribution < 1.29 is 4.74 Å². The predicted molar refractivity (Wildman–Crippen MR) is 95.8 cm³/mol. The number of piperidine rings is 1. The van der Waals surface area contributed by atoms with E-state index in [0.717, 1.165) is 13.2 Å². The van der Waals surface area contributed by atoms with E-state index >= 15 is 0 Å². The summed E-state index contributed by atoms with van der Waals surface area (Å²) in [6, 6.07) is 8.87. The second-order valence-electron chi connectivity index (χ2n) is 7.09. The lowest BCUT2D eigenvalue weighted by Gasteiger charge is -2.42. The second kappa shape index (κ2) is 8.27. The van der Waals surface area contributed by atoms with Crippen LogP contribution in [0.3, 0.4) is 0 Å². The Bertz CT molecular complexity index is 484. The highest BCUT2D eigenvalue weighted by Crippen LogP contribution is 2.36. The third-order valence-electron chi connectivity index (χ3n) is 5.35. The standard InChI is InChI=1S/C20H32N2O/c1-3-10-21(11-4-2)13-14-22-12-9-20-19(15-22)18-8-6-5-7-17(18)16-23-20/h5-8,19-20H,3-4,9-16H2,1-2H3/t19-,20+/m1/s1. The fourth-order valence-electron chi connectivity index (χ4n) is 4.17. The van der Waals surface area contributed by atoms with Gasteiger partial charge in [-0.15, -0.1) is 0 Å². The first-order valence-corrected chi connectivity index (χ1v) is 9.46. The molecule has 0 aliphatic carbocycles. The van der Waals surface area contributed by atoms with Crippen molar-refractivity contribution in [3.8, 4) is 0 Å². The van der Waals surface area contributed by atoms with E-state index < -0.39 is 0 Å². The van der Waals surface area contributed by atoms with Gasteiger partial charge in [0.15, 0.2) is 0 Å². The summed E-state index contributed by atoms with van der Waals surface area (Å²) in [4.78, 5) is 5.28. The monoisotopic (exact) mass is 316 g/mol. The van der Waals surface area contributed by atoms with E-state index in [1.54, 1.807) is 0 Å². The van der Waals surface area contributed by atoms with Gasteiger partial charge in [-0.25, -0.2) is 0 Å². The van der Waals surface area contributed by atoms with Crippen LogP contribution in [0.4, 0.5) is 0 Å². The third-order valence-corrected chi connectivity index (χ3v) is 5.35. The molecule has 3 nitrogen and oxygen atoms in total. The molecule has 1 aromatic rings. The van der Waals surface area contributed by atoms with E-state index in [1.807, 2.05) is 0 Å². The normalized spacial score (nSPS) is 24.5. The number of rotatable bonds is 7. The fraction of sp³-hybridized carbons (Fsp3) is 0.700. The van der Waals surface area contributed by atoms with Crippen LogP contribution >= 0.6 is 0 Å². The SMILES string of the molecule is CCCN(CCC)CCN1CC[C@@H]2OCc3ccccc3[C@H]2C1. The topological polar surface area (TPSA) is 15.7 Å². The van der Waals surface area contributed by atoms with Crippen LogP contribution in [0.2, 0.25) is 0 Å². The molecule has 3 heteroatoms. The number of benzene rings is 1. The average molecular weight is 316 g/mol. The highest BCUT2D eigenvalue weighted by molar-refractivity contribution is 5.33. The molecule has 0 saturated carbocycles. The number of ether oxygens (including phenoxy) is 1. The number of fused-ring (bicyclic) bond motifs is 3. The van der Waals surface area contributed by atoms with Gasteiger partial charge in [0.1, 0.15) is 0 Å². The molecule has 0 aromatic heterocycles. The van der Waals surface area contributed by atoms with Crippen LogP contribution in [0.25, 0.3) is 0 Å². The molecule has 1 aromatic carbocycles. The van der Waals surface area contributed by atoms with Crippen molar-refractivity contribution in [1.29, 1.82) is 0 Å². The minimum Gasteiger partial charge on any atom is -0.373 e. The van der Waals surface area contributed by atoms with Crippen LogP contribution in [-0.4, -0.2) is 55.2 Å². The van der Waals surface area contributed by atoms with Crippen molar-refractivity contribution in [1.82, 2.24) is 9.80 Å². The minimum atomic E-state index is 0.434. The minimum absolute atomic E-state index is 0.434. The van der Waals surface area contributed by atoms with Gasteiger partial charge in [-0.2, -0.15) is 0 Å². The van der Waals surface area contributed by atoms with E-state index in [0.29, 0.717) is 12.0 Å². The Hall–Kier alpha value is -0.900. The summed E-state index contributed by atoms with van der Waals surface area (Å²) in [5.74, 6) is 0.569. The lowest BCUT2D eigenvalue weighted by atomic mass is 9.83. The summed E-state index contributed by atoms with van der Waals surface area (Å²) in [5.41, 5.74) is 2.93. The molecule has 23 heavy (non-hydrogen) atoms. The molecule has 0 N–H and O–H groups in total. The Balaban J connectivity index is 1.58.